The van der Waals surface area contributed by atoms with E-state index in [2.05, 4.69) is 4.90 Å². The number of ether oxygens (including phenoxy) is 1. The Morgan fingerprint density at radius 3 is 2.18 bits per heavy atom. The highest BCUT2D eigenvalue weighted by atomic mass is 35.5. The standard InChI is InChI=1S/C29H23Cl2N3O3S/c30-21-9-14-25(31)26(19-21)34-28(36)24(8-4-7-20-5-2-1-3-6-20)27(35)33(29(34)38)23-12-10-22(11-13-23)32-15-17-37-18-16-32/h1-14,19H,15-18H2/b7-4-,24-8-. The molecule has 0 radical (unpaired) electrons. The van der Waals surface area contributed by atoms with Gasteiger partial charge < -0.3 is 9.64 Å². The van der Waals surface area contributed by atoms with Gasteiger partial charge in [0.05, 0.1) is 29.6 Å². The molecule has 0 aliphatic carbocycles. The topological polar surface area (TPSA) is 53.1 Å². The van der Waals surface area contributed by atoms with Gasteiger partial charge in [-0.05, 0) is 66.3 Å². The molecule has 2 heterocycles. The predicted molar refractivity (Wildman–Crippen MR) is 157 cm³/mol. The van der Waals surface area contributed by atoms with Crippen LogP contribution in [0.2, 0.25) is 10.0 Å². The average molecular weight is 564 g/mol. The van der Waals surface area contributed by atoms with Crippen molar-refractivity contribution in [3.63, 3.8) is 0 Å². The number of nitrogens with zero attached hydrogens (tertiary/aromatic N) is 3. The van der Waals surface area contributed by atoms with E-state index in [0.717, 1.165) is 24.3 Å². The molecular weight excluding hydrogens is 541 g/mol. The minimum absolute atomic E-state index is 0.00696. The zero-order valence-corrected chi connectivity index (χ0v) is 22.5. The van der Waals surface area contributed by atoms with Gasteiger partial charge in [-0.25, -0.2) is 0 Å². The van der Waals surface area contributed by atoms with E-state index in [1.807, 2.05) is 60.7 Å². The first kappa shape index (κ1) is 26.1. The van der Waals surface area contributed by atoms with Crippen LogP contribution in [0.4, 0.5) is 17.1 Å². The molecule has 3 aromatic rings. The summed E-state index contributed by atoms with van der Waals surface area (Å²) in [6.07, 6.45) is 4.99. The summed E-state index contributed by atoms with van der Waals surface area (Å²) in [5.41, 5.74) is 2.72. The second-order valence-electron chi connectivity index (χ2n) is 8.63. The first-order chi connectivity index (χ1) is 18.4. The maximum absolute atomic E-state index is 13.7. The van der Waals surface area contributed by atoms with Gasteiger partial charge in [0.25, 0.3) is 11.8 Å². The van der Waals surface area contributed by atoms with E-state index < -0.39 is 11.8 Å². The Morgan fingerprint density at radius 2 is 1.47 bits per heavy atom. The van der Waals surface area contributed by atoms with Gasteiger partial charge in [-0.15, -0.1) is 0 Å². The number of hydrogen-bond donors (Lipinski definition) is 0. The highest BCUT2D eigenvalue weighted by Gasteiger charge is 2.41. The molecule has 6 nitrogen and oxygen atoms in total. The van der Waals surface area contributed by atoms with Gasteiger partial charge in [-0.1, -0.05) is 65.7 Å². The molecule has 2 saturated heterocycles. The van der Waals surface area contributed by atoms with Crippen LogP contribution >= 0.6 is 35.4 Å². The van der Waals surface area contributed by atoms with Crippen molar-refractivity contribution in [3.8, 4) is 0 Å². The van der Waals surface area contributed by atoms with E-state index in [-0.39, 0.29) is 15.7 Å². The molecule has 0 aromatic heterocycles. The summed E-state index contributed by atoms with van der Waals surface area (Å²) in [7, 11) is 0. The minimum Gasteiger partial charge on any atom is -0.378 e. The van der Waals surface area contributed by atoms with E-state index >= 15 is 0 Å². The number of anilines is 3. The van der Waals surface area contributed by atoms with Crippen molar-refractivity contribution in [2.24, 2.45) is 0 Å². The second kappa shape index (κ2) is 11.5. The van der Waals surface area contributed by atoms with Crippen LogP contribution < -0.4 is 14.7 Å². The van der Waals surface area contributed by atoms with Crippen LogP contribution in [-0.2, 0) is 14.3 Å². The molecule has 9 heteroatoms. The summed E-state index contributed by atoms with van der Waals surface area (Å²) >= 11 is 18.4. The van der Waals surface area contributed by atoms with E-state index in [4.69, 9.17) is 40.2 Å². The van der Waals surface area contributed by atoms with Crippen molar-refractivity contribution >= 4 is 75.5 Å². The fourth-order valence-corrected chi connectivity index (χ4v) is 5.04. The summed E-state index contributed by atoms with van der Waals surface area (Å²) < 4.78 is 5.44. The van der Waals surface area contributed by atoms with Gasteiger partial charge in [0.15, 0.2) is 5.11 Å². The lowest BCUT2D eigenvalue weighted by Crippen LogP contribution is -2.57. The van der Waals surface area contributed by atoms with Crippen LogP contribution in [0.25, 0.3) is 6.08 Å². The van der Waals surface area contributed by atoms with E-state index in [9.17, 15) is 9.59 Å². The third-order valence-corrected chi connectivity index (χ3v) is 7.15. The van der Waals surface area contributed by atoms with Crippen LogP contribution in [0.3, 0.4) is 0 Å². The lowest BCUT2D eigenvalue weighted by atomic mass is 10.1. The highest BCUT2D eigenvalue weighted by Crippen LogP contribution is 2.35. The smallest absolute Gasteiger partial charge is 0.270 e. The zero-order valence-electron chi connectivity index (χ0n) is 20.2. The minimum atomic E-state index is -0.580. The molecule has 2 fully saturated rings. The third kappa shape index (κ3) is 5.37. The maximum Gasteiger partial charge on any atom is 0.270 e. The highest BCUT2D eigenvalue weighted by molar-refractivity contribution is 7.81. The second-order valence-corrected chi connectivity index (χ2v) is 9.83. The zero-order chi connectivity index (χ0) is 26.6. The van der Waals surface area contributed by atoms with Crippen LogP contribution in [0.15, 0.2) is 90.5 Å². The fourth-order valence-electron chi connectivity index (χ4n) is 4.30. The number of hydrogen-bond acceptors (Lipinski definition) is 5. The normalized spacial score (nSPS) is 17.7. The van der Waals surface area contributed by atoms with E-state index in [0.29, 0.717) is 29.6 Å². The lowest BCUT2D eigenvalue weighted by molar-refractivity contribution is -0.120. The molecule has 0 atom stereocenters. The molecule has 0 bridgehead atoms. The number of carbonyl (C=O) groups is 2. The average Bonchev–Trinajstić information content (AvgIpc) is 2.94. The molecule has 0 saturated carbocycles. The molecule has 5 rings (SSSR count). The lowest BCUT2D eigenvalue weighted by Gasteiger charge is -2.37. The van der Waals surface area contributed by atoms with Crippen LogP contribution in [0.5, 0.6) is 0 Å². The van der Waals surface area contributed by atoms with Gasteiger partial charge in [0.2, 0.25) is 0 Å². The summed E-state index contributed by atoms with van der Waals surface area (Å²) in [6, 6.07) is 21.9. The van der Waals surface area contributed by atoms with Gasteiger partial charge in [-0.3, -0.25) is 19.4 Å². The van der Waals surface area contributed by atoms with Crippen LogP contribution in [0.1, 0.15) is 5.56 Å². The molecule has 2 aliphatic heterocycles. The third-order valence-electron chi connectivity index (χ3n) is 6.23. The molecule has 2 amide bonds. The van der Waals surface area contributed by atoms with E-state index in [1.54, 1.807) is 24.3 Å². The van der Waals surface area contributed by atoms with Crippen molar-refractivity contribution in [1.29, 1.82) is 0 Å². The Bertz CT molecular complexity index is 1440. The summed E-state index contributed by atoms with van der Waals surface area (Å²) in [6.45, 7) is 2.91. The van der Waals surface area contributed by atoms with Crippen LogP contribution in [-0.4, -0.2) is 43.2 Å². The number of benzene rings is 3. The first-order valence-corrected chi connectivity index (χ1v) is 13.1. The Morgan fingerprint density at radius 1 is 0.816 bits per heavy atom. The number of amides is 2. The quantitative estimate of drug-likeness (QED) is 0.212. The number of rotatable bonds is 5. The summed E-state index contributed by atoms with van der Waals surface area (Å²) in [5, 5.41) is 0.654. The van der Waals surface area contributed by atoms with Crippen molar-refractivity contribution in [2.75, 3.05) is 41.0 Å². The largest absolute Gasteiger partial charge is 0.378 e. The molecule has 3 aromatic carbocycles. The van der Waals surface area contributed by atoms with Crippen LogP contribution in [0, 0.1) is 0 Å². The maximum atomic E-state index is 13.7. The molecule has 0 N–H and O–H groups in total. The summed E-state index contributed by atoms with van der Waals surface area (Å²) in [4.78, 5) is 32.2. The molecule has 0 unspecified atom stereocenters. The Labute approximate surface area is 236 Å². The van der Waals surface area contributed by atoms with Crippen molar-refractivity contribution in [1.82, 2.24) is 0 Å². The van der Waals surface area contributed by atoms with Crippen molar-refractivity contribution in [3.05, 3.63) is 106 Å². The molecule has 2 aliphatic rings. The Hall–Kier alpha value is -3.49. The Kier molecular flexibility index (Phi) is 7.90. The van der Waals surface area contributed by atoms with E-state index in [1.165, 1.54) is 15.9 Å². The van der Waals surface area contributed by atoms with Gasteiger partial charge >= 0.3 is 0 Å². The number of carbonyl (C=O) groups excluding carboxylic acids is 2. The Balaban J connectivity index is 1.54. The number of halogens is 2. The van der Waals surface area contributed by atoms with Gasteiger partial charge in [0, 0.05) is 23.8 Å². The van der Waals surface area contributed by atoms with Gasteiger partial charge in [0.1, 0.15) is 5.57 Å². The number of morpholine rings is 1. The molecule has 0 spiro atoms. The number of thiocarbonyl (C=S) groups is 1. The fraction of sp³-hybridized carbons (Fsp3) is 0.138. The summed E-state index contributed by atoms with van der Waals surface area (Å²) in [5.74, 6) is -1.10. The number of allylic oxidation sites excluding steroid dienone is 2. The van der Waals surface area contributed by atoms with Crippen molar-refractivity contribution < 1.29 is 14.3 Å². The predicted octanol–water partition coefficient (Wildman–Crippen LogP) is 6.13. The first-order valence-electron chi connectivity index (χ1n) is 12.0. The monoisotopic (exact) mass is 563 g/mol. The molecular formula is C29H23Cl2N3O3S. The SMILES string of the molecule is O=C1/C(=C/C=C\c2ccccc2)C(=O)N(c2cc(Cl)ccc2Cl)C(=S)N1c1ccc(N2CCOCC2)cc1. The molecule has 192 valence electrons. The molecule has 38 heavy (non-hydrogen) atoms. The van der Waals surface area contributed by atoms with Gasteiger partial charge in [-0.2, -0.15) is 0 Å². The van der Waals surface area contributed by atoms with Crippen molar-refractivity contribution in [2.45, 2.75) is 0 Å².